The molecule has 2 heteroatoms. The Morgan fingerprint density at radius 1 is 1.38 bits per heavy atom. The fourth-order valence-corrected chi connectivity index (χ4v) is 3.66. The van der Waals surface area contributed by atoms with Crippen molar-refractivity contribution in [3.8, 4) is 0 Å². The van der Waals surface area contributed by atoms with E-state index in [4.69, 9.17) is 0 Å². The van der Waals surface area contributed by atoms with Crippen LogP contribution in [-0.2, 0) is 6.42 Å². The van der Waals surface area contributed by atoms with Gasteiger partial charge in [0.15, 0.2) is 0 Å². The van der Waals surface area contributed by atoms with Crippen molar-refractivity contribution in [2.45, 2.75) is 31.7 Å². The number of nitrogens with one attached hydrogen (secondary N) is 1. The number of rotatable bonds is 2. The molecule has 2 aromatic rings. The standard InChI is InChI=1S/C14H17NS/c1-14(7-4-8-15-14)9-11-10-16-13-6-3-2-5-12(11)13/h2-3,5-6,10,15H,4,7-9H2,1H3. The Bertz CT molecular complexity index is 494. The third-order valence-electron chi connectivity index (χ3n) is 3.60. The maximum absolute atomic E-state index is 3.64. The third kappa shape index (κ3) is 1.76. The Labute approximate surface area is 100 Å². The fourth-order valence-electron chi connectivity index (χ4n) is 2.70. The predicted octanol–water partition coefficient (Wildman–Crippen LogP) is 3.59. The van der Waals surface area contributed by atoms with Gasteiger partial charge in [0.25, 0.3) is 0 Å². The molecule has 1 atom stereocenters. The van der Waals surface area contributed by atoms with E-state index in [-0.39, 0.29) is 0 Å². The van der Waals surface area contributed by atoms with E-state index in [1.54, 1.807) is 0 Å². The highest BCUT2D eigenvalue weighted by Gasteiger charge is 2.28. The van der Waals surface area contributed by atoms with E-state index in [9.17, 15) is 0 Å². The van der Waals surface area contributed by atoms with Crippen molar-refractivity contribution >= 4 is 21.4 Å². The minimum absolute atomic E-state index is 0.323. The summed E-state index contributed by atoms with van der Waals surface area (Å²) in [4.78, 5) is 0. The quantitative estimate of drug-likeness (QED) is 0.833. The maximum atomic E-state index is 3.64. The molecule has 0 spiro atoms. The van der Waals surface area contributed by atoms with Gasteiger partial charge in [-0.25, -0.2) is 0 Å². The Hall–Kier alpha value is -0.860. The van der Waals surface area contributed by atoms with E-state index in [2.05, 4.69) is 41.9 Å². The summed E-state index contributed by atoms with van der Waals surface area (Å²) in [6, 6.07) is 8.73. The summed E-state index contributed by atoms with van der Waals surface area (Å²) in [5.74, 6) is 0. The molecule has 0 aliphatic carbocycles. The molecular formula is C14H17NS. The van der Waals surface area contributed by atoms with Gasteiger partial charge in [-0.15, -0.1) is 11.3 Å². The molecule has 3 rings (SSSR count). The van der Waals surface area contributed by atoms with Crippen LogP contribution in [0.5, 0.6) is 0 Å². The first-order valence-corrected chi connectivity index (χ1v) is 6.85. The van der Waals surface area contributed by atoms with Gasteiger partial charge in [0.05, 0.1) is 0 Å². The molecular weight excluding hydrogens is 214 g/mol. The van der Waals surface area contributed by atoms with Crippen LogP contribution in [0.3, 0.4) is 0 Å². The second-order valence-electron chi connectivity index (χ2n) is 5.02. The molecule has 1 fully saturated rings. The molecule has 1 aromatic heterocycles. The summed E-state index contributed by atoms with van der Waals surface area (Å²) in [5, 5.41) is 7.42. The minimum Gasteiger partial charge on any atom is -0.311 e. The summed E-state index contributed by atoms with van der Waals surface area (Å²) in [6.07, 6.45) is 3.78. The molecule has 1 aliphatic heterocycles. The van der Waals surface area contributed by atoms with Gasteiger partial charge in [-0.3, -0.25) is 0 Å². The molecule has 16 heavy (non-hydrogen) atoms. The van der Waals surface area contributed by atoms with Gasteiger partial charge >= 0.3 is 0 Å². The number of hydrogen-bond acceptors (Lipinski definition) is 2. The molecule has 1 unspecified atom stereocenters. The van der Waals surface area contributed by atoms with Crippen LogP contribution >= 0.6 is 11.3 Å². The van der Waals surface area contributed by atoms with E-state index >= 15 is 0 Å². The topological polar surface area (TPSA) is 12.0 Å². The molecule has 1 N–H and O–H groups in total. The van der Waals surface area contributed by atoms with Crippen molar-refractivity contribution in [2.24, 2.45) is 0 Å². The van der Waals surface area contributed by atoms with Crippen LogP contribution in [0.4, 0.5) is 0 Å². The van der Waals surface area contributed by atoms with Crippen LogP contribution in [0.15, 0.2) is 29.6 Å². The van der Waals surface area contributed by atoms with Crippen molar-refractivity contribution < 1.29 is 0 Å². The van der Waals surface area contributed by atoms with Crippen molar-refractivity contribution in [1.29, 1.82) is 0 Å². The van der Waals surface area contributed by atoms with Gasteiger partial charge in [0.2, 0.25) is 0 Å². The molecule has 0 amide bonds. The van der Waals surface area contributed by atoms with Crippen molar-refractivity contribution in [1.82, 2.24) is 5.32 Å². The van der Waals surface area contributed by atoms with Crippen LogP contribution in [0.1, 0.15) is 25.3 Å². The predicted molar refractivity (Wildman–Crippen MR) is 71.2 cm³/mol. The minimum atomic E-state index is 0.323. The summed E-state index contributed by atoms with van der Waals surface area (Å²) in [5.41, 5.74) is 1.83. The van der Waals surface area contributed by atoms with Crippen LogP contribution in [-0.4, -0.2) is 12.1 Å². The van der Waals surface area contributed by atoms with E-state index in [1.807, 2.05) is 11.3 Å². The second-order valence-corrected chi connectivity index (χ2v) is 5.94. The van der Waals surface area contributed by atoms with Crippen LogP contribution in [0, 0.1) is 0 Å². The Balaban J connectivity index is 1.94. The first-order chi connectivity index (χ1) is 7.77. The van der Waals surface area contributed by atoms with E-state index < -0.39 is 0 Å². The van der Waals surface area contributed by atoms with E-state index in [0.29, 0.717) is 5.54 Å². The number of thiophene rings is 1. The van der Waals surface area contributed by atoms with Crippen LogP contribution in [0.2, 0.25) is 0 Å². The lowest BCUT2D eigenvalue weighted by Crippen LogP contribution is -2.38. The van der Waals surface area contributed by atoms with Gasteiger partial charge in [-0.2, -0.15) is 0 Å². The smallest absolute Gasteiger partial charge is 0.0345 e. The molecule has 0 saturated carbocycles. The maximum Gasteiger partial charge on any atom is 0.0345 e. The first-order valence-electron chi connectivity index (χ1n) is 5.97. The lowest BCUT2D eigenvalue weighted by atomic mass is 9.91. The normalized spacial score (nSPS) is 25.3. The zero-order valence-corrected chi connectivity index (χ0v) is 10.4. The van der Waals surface area contributed by atoms with Gasteiger partial charge in [0.1, 0.15) is 0 Å². The Morgan fingerprint density at radius 3 is 3.06 bits per heavy atom. The largest absolute Gasteiger partial charge is 0.311 e. The average Bonchev–Trinajstić information content (AvgIpc) is 2.87. The molecule has 2 heterocycles. The highest BCUT2D eigenvalue weighted by atomic mass is 32.1. The van der Waals surface area contributed by atoms with Crippen molar-refractivity contribution in [3.63, 3.8) is 0 Å². The summed E-state index contributed by atoms with van der Waals surface area (Å²) in [7, 11) is 0. The molecule has 0 radical (unpaired) electrons. The zero-order chi connectivity index (χ0) is 11.0. The SMILES string of the molecule is CC1(Cc2csc3ccccc23)CCCN1. The average molecular weight is 231 g/mol. The van der Waals surface area contributed by atoms with Gasteiger partial charge < -0.3 is 5.32 Å². The highest BCUT2D eigenvalue weighted by Crippen LogP contribution is 2.31. The van der Waals surface area contributed by atoms with Crippen molar-refractivity contribution in [3.05, 3.63) is 35.2 Å². The zero-order valence-electron chi connectivity index (χ0n) is 9.62. The number of benzene rings is 1. The monoisotopic (exact) mass is 231 g/mol. The first kappa shape index (κ1) is 10.3. The summed E-state index contributed by atoms with van der Waals surface area (Å²) in [6.45, 7) is 3.53. The van der Waals surface area contributed by atoms with Gasteiger partial charge in [-0.05, 0) is 55.1 Å². The number of hydrogen-bond donors (Lipinski definition) is 1. The van der Waals surface area contributed by atoms with Gasteiger partial charge in [-0.1, -0.05) is 18.2 Å². The summed E-state index contributed by atoms with van der Waals surface area (Å²) >= 11 is 1.87. The number of fused-ring (bicyclic) bond motifs is 1. The molecule has 84 valence electrons. The molecule has 1 aromatic carbocycles. The summed E-state index contributed by atoms with van der Waals surface area (Å²) < 4.78 is 1.42. The second kappa shape index (κ2) is 3.86. The molecule has 1 saturated heterocycles. The van der Waals surface area contributed by atoms with Crippen LogP contribution in [0.25, 0.3) is 10.1 Å². The van der Waals surface area contributed by atoms with E-state index in [1.165, 1.54) is 35.0 Å². The molecule has 0 bridgehead atoms. The molecule has 1 aliphatic rings. The van der Waals surface area contributed by atoms with Crippen LogP contribution < -0.4 is 5.32 Å². The fraction of sp³-hybridized carbons (Fsp3) is 0.429. The highest BCUT2D eigenvalue weighted by molar-refractivity contribution is 7.17. The lowest BCUT2D eigenvalue weighted by Gasteiger charge is -2.24. The van der Waals surface area contributed by atoms with E-state index in [0.717, 1.165) is 6.42 Å². The lowest BCUT2D eigenvalue weighted by molar-refractivity contribution is 0.414. The molecule has 1 nitrogen and oxygen atoms in total. The third-order valence-corrected chi connectivity index (χ3v) is 4.61. The van der Waals surface area contributed by atoms with Gasteiger partial charge in [0, 0.05) is 10.2 Å². The van der Waals surface area contributed by atoms with Crippen molar-refractivity contribution in [2.75, 3.05) is 6.54 Å². The Kier molecular flexibility index (Phi) is 2.49. The Morgan fingerprint density at radius 2 is 2.25 bits per heavy atom.